The lowest BCUT2D eigenvalue weighted by molar-refractivity contribution is -0.146. The molecule has 0 aromatic carbocycles. The average molecular weight is 227 g/mol. The minimum Gasteiger partial charge on any atom is -0.469 e. The van der Waals surface area contributed by atoms with Crippen LogP contribution in [0.4, 0.5) is 0 Å². The quantitative estimate of drug-likeness (QED) is 0.749. The van der Waals surface area contributed by atoms with Crippen molar-refractivity contribution in [3.05, 3.63) is 0 Å². The zero-order valence-corrected chi connectivity index (χ0v) is 11.0. The van der Waals surface area contributed by atoms with Crippen molar-refractivity contribution in [1.82, 2.24) is 5.32 Å². The van der Waals surface area contributed by atoms with Crippen LogP contribution in [0.5, 0.6) is 0 Å². The summed E-state index contributed by atoms with van der Waals surface area (Å²) in [6.45, 7) is 6.66. The largest absolute Gasteiger partial charge is 0.469 e. The maximum atomic E-state index is 11.5. The standard InChI is InChI=1S/C13H25NO2/c1-9(2)10(3)14-12-7-5-6-11(8-12)13(15)16-4/h9-12,14H,5-8H2,1-4H3. The number of rotatable bonds is 4. The van der Waals surface area contributed by atoms with Gasteiger partial charge in [0.05, 0.1) is 13.0 Å². The van der Waals surface area contributed by atoms with Gasteiger partial charge in [-0.1, -0.05) is 20.3 Å². The fraction of sp³-hybridized carbons (Fsp3) is 0.923. The summed E-state index contributed by atoms with van der Waals surface area (Å²) in [6.07, 6.45) is 4.23. The lowest BCUT2D eigenvalue weighted by Crippen LogP contribution is -2.43. The molecule has 1 fully saturated rings. The molecular weight excluding hydrogens is 202 g/mol. The Morgan fingerprint density at radius 3 is 2.56 bits per heavy atom. The minimum absolute atomic E-state index is 0.0382. The summed E-state index contributed by atoms with van der Waals surface area (Å²) >= 11 is 0. The van der Waals surface area contributed by atoms with Crippen molar-refractivity contribution in [2.75, 3.05) is 7.11 Å². The second-order valence-electron chi connectivity index (χ2n) is 5.28. The maximum Gasteiger partial charge on any atom is 0.308 e. The molecule has 0 heterocycles. The first kappa shape index (κ1) is 13.5. The van der Waals surface area contributed by atoms with Crippen LogP contribution in [0.15, 0.2) is 0 Å². The van der Waals surface area contributed by atoms with Gasteiger partial charge in [0.2, 0.25) is 0 Å². The van der Waals surface area contributed by atoms with E-state index in [9.17, 15) is 4.79 Å². The topological polar surface area (TPSA) is 38.3 Å². The van der Waals surface area contributed by atoms with E-state index in [1.165, 1.54) is 13.5 Å². The molecular formula is C13H25NO2. The highest BCUT2D eigenvalue weighted by Gasteiger charge is 2.28. The fourth-order valence-electron chi connectivity index (χ4n) is 2.29. The summed E-state index contributed by atoms with van der Waals surface area (Å²) in [7, 11) is 1.48. The number of carbonyl (C=O) groups is 1. The number of hydrogen-bond donors (Lipinski definition) is 1. The Kier molecular flexibility index (Phi) is 5.26. The van der Waals surface area contributed by atoms with Crippen molar-refractivity contribution >= 4 is 5.97 Å². The van der Waals surface area contributed by atoms with E-state index in [1.807, 2.05) is 0 Å². The van der Waals surface area contributed by atoms with Gasteiger partial charge in [-0.15, -0.1) is 0 Å². The zero-order valence-electron chi connectivity index (χ0n) is 11.0. The third kappa shape index (κ3) is 3.78. The Balaban J connectivity index is 2.41. The molecule has 3 unspecified atom stereocenters. The molecule has 1 aliphatic carbocycles. The summed E-state index contributed by atoms with van der Waals surface area (Å²) in [5.74, 6) is 0.706. The molecule has 3 heteroatoms. The Hall–Kier alpha value is -0.570. The zero-order chi connectivity index (χ0) is 12.1. The van der Waals surface area contributed by atoms with Crippen LogP contribution in [0.25, 0.3) is 0 Å². The summed E-state index contributed by atoms with van der Waals surface area (Å²) in [5.41, 5.74) is 0. The molecule has 1 rings (SSSR count). The Morgan fingerprint density at radius 1 is 1.31 bits per heavy atom. The molecule has 16 heavy (non-hydrogen) atoms. The van der Waals surface area contributed by atoms with Gasteiger partial charge in [0.1, 0.15) is 0 Å². The first-order valence-corrected chi connectivity index (χ1v) is 6.38. The van der Waals surface area contributed by atoms with E-state index in [1.54, 1.807) is 0 Å². The van der Waals surface area contributed by atoms with Gasteiger partial charge in [0, 0.05) is 12.1 Å². The highest BCUT2D eigenvalue weighted by molar-refractivity contribution is 5.72. The number of methoxy groups -OCH3 is 1. The highest BCUT2D eigenvalue weighted by atomic mass is 16.5. The molecule has 3 nitrogen and oxygen atoms in total. The van der Waals surface area contributed by atoms with Crippen molar-refractivity contribution in [2.45, 2.75) is 58.5 Å². The molecule has 0 radical (unpaired) electrons. The Bertz CT molecular complexity index is 228. The molecule has 0 saturated heterocycles. The molecule has 0 spiro atoms. The summed E-state index contributed by atoms with van der Waals surface area (Å²) < 4.78 is 4.82. The van der Waals surface area contributed by atoms with Gasteiger partial charge < -0.3 is 10.1 Å². The number of nitrogens with one attached hydrogen (secondary N) is 1. The van der Waals surface area contributed by atoms with Gasteiger partial charge in [-0.2, -0.15) is 0 Å². The summed E-state index contributed by atoms with van der Waals surface area (Å²) in [4.78, 5) is 11.5. The first-order valence-electron chi connectivity index (χ1n) is 6.38. The summed E-state index contributed by atoms with van der Waals surface area (Å²) in [5, 5.41) is 3.62. The van der Waals surface area contributed by atoms with Gasteiger partial charge in [0.15, 0.2) is 0 Å². The average Bonchev–Trinajstić information content (AvgIpc) is 2.28. The maximum absolute atomic E-state index is 11.5. The SMILES string of the molecule is COC(=O)C1CCCC(NC(C)C(C)C)C1. The fourth-order valence-corrected chi connectivity index (χ4v) is 2.29. The van der Waals surface area contributed by atoms with Crippen molar-refractivity contribution in [3.8, 4) is 0 Å². The molecule has 0 aromatic rings. The van der Waals surface area contributed by atoms with Crippen LogP contribution in [-0.2, 0) is 9.53 Å². The lowest BCUT2D eigenvalue weighted by atomic mass is 9.85. The van der Waals surface area contributed by atoms with Crippen molar-refractivity contribution in [1.29, 1.82) is 0 Å². The highest BCUT2D eigenvalue weighted by Crippen LogP contribution is 2.25. The van der Waals surface area contributed by atoms with Gasteiger partial charge in [-0.25, -0.2) is 0 Å². The lowest BCUT2D eigenvalue weighted by Gasteiger charge is -2.31. The monoisotopic (exact) mass is 227 g/mol. The molecule has 0 aliphatic heterocycles. The van der Waals surface area contributed by atoms with E-state index >= 15 is 0 Å². The van der Waals surface area contributed by atoms with Crippen molar-refractivity contribution in [2.24, 2.45) is 11.8 Å². The second-order valence-corrected chi connectivity index (χ2v) is 5.28. The van der Waals surface area contributed by atoms with Gasteiger partial charge in [-0.3, -0.25) is 4.79 Å². The van der Waals surface area contributed by atoms with E-state index < -0.39 is 0 Å². The van der Waals surface area contributed by atoms with Crippen LogP contribution in [0.2, 0.25) is 0 Å². The van der Waals surface area contributed by atoms with E-state index in [-0.39, 0.29) is 11.9 Å². The van der Waals surface area contributed by atoms with E-state index in [2.05, 4.69) is 26.1 Å². The number of hydrogen-bond acceptors (Lipinski definition) is 3. The van der Waals surface area contributed by atoms with Crippen LogP contribution in [-0.4, -0.2) is 25.2 Å². The van der Waals surface area contributed by atoms with Gasteiger partial charge in [-0.05, 0) is 32.1 Å². The van der Waals surface area contributed by atoms with Crippen molar-refractivity contribution in [3.63, 3.8) is 0 Å². The smallest absolute Gasteiger partial charge is 0.308 e. The van der Waals surface area contributed by atoms with Crippen LogP contribution in [0.3, 0.4) is 0 Å². The Morgan fingerprint density at radius 2 is 2.00 bits per heavy atom. The van der Waals surface area contributed by atoms with Crippen LogP contribution in [0.1, 0.15) is 46.5 Å². The molecule has 0 amide bonds. The van der Waals surface area contributed by atoms with E-state index in [4.69, 9.17) is 4.74 Å². The normalized spacial score (nSPS) is 27.8. The number of ether oxygens (including phenoxy) is 1. The number of esters is 1. The minimum atomic E-state index is -0.0382. The molecule has 0 aromatic heterocycles. The third-order valence-corrected chi connectivity index (χ3v) is 3.71. The molecule has 1 saturated carbocycles. The molecule has 1 N–H and O–H groups in total. The van der Waals surface area contributed by atoms with Crippen LogP contribution in [0, 0.1) is 11.8 Å². The second kappa shape index (κ2) is 6.24. The predicted molar refractivity (Wildman–Crippen MR) is 65.2 cm³/mol. The Labute approximate surface area is 98.9 Å². The summed E-state index contributed by atoms with van der Waals surface area (Å²) in [6, 6.07) is 0.997. The first-order chi connectivity index (χ1) is 7.54. The van der Waals surface area contributed by atoms with Gasteiger partial charge in [0.25, 0.3) is 0 Å². The van der Waals surface area contributed by atoms with Crippen LogP contribution < -0.4 is 5.32 Å². The predicted octanol–water partition coefficient (Wildman–Crippen LogP) is 2.35. The van der Waals surface area contributed by atoms with E-state index in [0.29, 0.717) is 18.0 Å². The van der Waals surface area contributed by atoms with Gasteiger partial charge >= 0.3 is 5.97 Å². The molecule has 0 bridgehead atoms. The molecule has 1 aliphatic rings. The molecule has 94 valence electrons. The van der Waals surface area contributed by atoms with Crippen molar-refractivity contribution < 1.29 is 9.53 Å². The van der Waals surface area contributed by atoms with Crippen LogP contribution >= 0.6 is 0 Å². The third-order valence-electron chi connectivity index (χ3n) is 3.71. The number of carbonyl (C=O) groups excluding carboxylic acids is 1. The van der Waals surface area contributed by atoms with E-state index in [0.717, 1.165) is 19.3 Å². The molecule has 3 atom stereocenters.